The smallest absolute Gasteiger partial charge is 0.123 e. The summed E-state index contributed by atoms with van der Waals surface area (Å²) in [5, 5.41) is 0.992. The Morgan fingerprint density at radius 2 is 1.92 bits per heavy atom. The summed E-state index contributed by atoms with van der Waals surface area (Å²) in [4.78, 5) is 0. The topological polar surface area (TPSA) is 0 Å². The van der Waals surface area contributed by atoms with Crippen molar-refractivity contribution >= 4 is 15.9 Å². The van der Waals surface area contributed by atoms with E-state index in [0.29, 0.717) is 5.92 Å². The van der Waals surface area contributed by atoms with Crippen LogP contribution in [0.2, 0.25) is 0 Å². The average molecular weight is 231 g/mol. The van der Waals surface area contributed by atoms with Crippen molar-refractivity contribution in [3.63, 3.8) is 0 Å². The molecule has 12 heavy (non-hydrogen) atoms. The highest BCUT2D eigenvalue weighted by Crippen LogP contribution is 2.19. The molecule has 0 aromatic heterocycles. The van der Waals surface area contributed by atoms with Crippen LogP contribution in [0.15, 0.2) is 24.3 Å². The first-order chi connectivity index (χ1) is 5.74. The molecule has 0 radical (unpaired) electrons. The maximum atomic E-state index is 12.5. The van der Waals surface area contributed by atoms with E-state index in [9.17, 15) is 4.39 Å². The zero-order valence-corrected chi connectivity index (χ0v) is 8.64. The van der Waals surface area contributed by atoms with Gasteiger partial charge >= 0.3 is 0 Å². The minimum absolute atomic E-state index is 0.162. The van der Waals surface area contributed by atoms with Gasteiger partial charge in [0, 0.05) is 5.33 Å². The number of hydrogen-bond donors (Lipinski definition) is 0. The van der Waals surface area contributed by atoms with Crippen LogP contribution >= 0.6 is 15.9 Å². The normalized spacial score (nSPS) is 12.9. The molecule has 1 rings (SSSR count). The SMILES string of the molecule is C[C@@H](CCBr)c1ccc(F)cc1. The molecule has 0 aliphatic rings. The van der Waals surface area contributed by atoms with Crippen LogP contribution in [-0.2, 0) is 0 Å². The molecule has 0 nitrogen and oxygen atoms in total. The Labute approximate surface area is 80.9 Å². The molecule has 0 fully saturated rings. The van der Waals surface area contributed by atoms with Crippen molar-refractivity contribution in [2.75, 3.05) is 5.33 Å². The van der Waals surface area contributed by atoms with Crippen molar-refractivity contribution in [1.29, 1.82) is 0 Å². The van der Waals surface area contributed by atoms with Gasteiger partial charge in [0.05, 0.1) is 0 Å². The molecule has 0 aliphatic carbocycles. The first-order valence-electron chi connectivity index (χ1n) is 4.05. The Hall–Kier alpha value is -0.370. The Balaban J connectivity index is 2.68. The lowest BCUT2D eigenvalue weighted by Gasteiger charge is -2.08. The van der Waals surface area contributed by atoms with Crippen molar-refractivity contribution < 1.29 is 4.39 Å². The van der Waals surface area contributed by atoms with Gasteiger partial charge in [-0.3, -0.25) is 0 Å². The summed E-state index contributed by atoms with van der Waals surface area (Å²) >= 11 is 3.39. The van der Waals surface area contributed by atoms with Crippen LogP contribution in [-0.4, -0.2) is 5.33 Å². The molecule has 0 heterocycles. The first-order valence-corrected chi connectivity index (χ1v) is 5.17. The van der Waals surface area contributed by atoms with E-state index >= 15 is 0 Å². The van der Waals surface area contributed by atoms with E-state index < -0.39 is 0 Å². The fraction of sp³-hybridized carbons (Fsp3) is 0.400. The van der Waals surface area contributed by atoms with Crippen LogP contribution in [0.1, 0.15) is 24.8 Å². The third-order valence-corrected chi connectivity index (χ3v) is 2.44. The van der Waals surface area contributed by atoms with E-state index in [0.717, 1.165) is 11.8 Å². The van der Waals surface area contributed by atoms with Gasteiger partial charge in [0.1, 0.15) is 5.82 Å². The minimum Gasteiger partial charge on any atom is -0.207 e. The van der Waals surface area contributed by atoms with Gasteiger partial charge in [-0.1, -0.05) is 35.0 Å². The van der Waals surface area contributed by atoms with Gasteiger partial charge in [-0.05, 0) is 30.0 Å². The number of benzene rings is 1. The number of rotatable bonds is 3. The summed E-state index contributed by atoms with van der Waals surface area (Å²) in [6.45, 7) is 2.15. The summed E-state index contributed by atoms with van der Waals surface area (Å²) in [5.74, 6) is 0.342. The first kappa shape index (κ1) is 9.72. The maximum Gasteiger partial charge on any atom is 0.123 e. The molecule has 1 aromatic carbocycles. The highest BCUT2D eigenvalue weighted by Gasteiger charge is 2.03. The lowest BCUT2D eigenvalue weighted by Crippen LogP contribution is -1.93. The average Bonchev–Trinajstić information content (AvgIpc) is 2.06. The molecule has 66 valence electrons. The second-order valence-electron chi connectivity index (χ2n) is 2.93. The Kier molecular flexibility index (Phi) is 3.73. The van der Waals surface area contributed by atoms with E-state index in [1.807, 2.05) is 12.1 Å². The molecule has 0 spiro atoms. The van der Waals surface area contributed by atoms with Crippen LogP contribution in [0.5, 0.6) is 0 Å². The highest BCUT2D eigenvalue weighted by molar-refractivity contribution is 9.09. The zero-order valence-electron chi connectivity index (χ0n) is 7.06. The lowest BCUT2D eigenvalue weighted by molar-refractivity contribution is 0.625. The predicted molar refractivity (Wildman–Crippen MR) is 53.2 cm³/mol. The number of hydrogen-bond acceptors (Lipinski definition) is 0. The van der Waals surface area contributed by atoms with Crippen molar-refractivity contribution in [1.82, 2.24) is 0 Å². The van der Waals surface area contributed by atoms with Gasteiger partial charge in [-0.15, -0.1) is 0 Å². The van der Waals surface area contributed by atoms with Crippen LogP contribution in [0.4, 0.5) is 4.39 Å². The van der Waals surface area contributed by atoms with Gasteiger partial charge in [-0.25, -0.2) is 4.39 Å². The molecule has 0 saturated carbocycles. The summed E-state index contributed by atoms with van der Waals surface area (Å²) in [6.07, 6.45) is 1.09. The Morgan fingerprint density at radius 3 is 2.42 bits per heavy atom. The maximum absolute atomic E-state index is 12.5. The van der Waals surface area contributed by atoms with Gasteiger partial charge in [-0.2, -0.15) is 0 Å². The third-order valence-electron chi connectivity index (χ3n) is 1.98. The molecule has 0 saturated heterocycles. The van der Waals surface area contributed by atoms with E-state index in [1.54, 1.807) is 0 Å². The Morgan fingerprint density at radius 1 is 1.33 bits per heavy atom. The molecule has 1 aromatic rings. The molecule has 0 amide bonds. The van der Waals surface area contributed by atoms with E-state index in [4.69, 9.17) is 0 Å². The van der Waals surface area contributed by atoms with Crippen LogP contribution in [0, 0.1) is 5.82 Å². The molecular weight excluding hydrogens is 219 g/mol. The lowest BCUT2D eigenvalue weighted by atomic mass is 9.99. The fourth-order valence-electron chi connectivity index (χ4n) is 1.12. The van der Waals surface area contributed by atoms with Crippen LogP contribution in [0.25, 0.3) is 0 Å². The summed E-state index contributed by atoms with van der Waals surface area (Å²) in [5.41, 5.74) is 1.20. The van der Waals surface area contributed by atoms with E-state index in [-0.39, 0.29) is 5.82 Å². The third kappa shape index (κ3) is 2.59. The number of halogens is 2. The van der Waals surface area contributed by atoms with E-state index in [2.05, 4.69) is 22.9 Å². The summed E-state index contributed by atoms with van der Waals surface area (Å²) in [6, 6.07) is 6.73. The van der Waals surface area contributed by atoms with Crippen molar-refractivity contribution in [3.05, 3.63) is 35.6 Å². The second kappa shape index (κ2) is 4.61. The van der Waals surface area contributed by atoms with Gasteiger partial charge in [0.2, 0.25) is 0 Å². The largest absolute Gasteiger partial charge is 0.207 e. The van der Waals surface area contributed by atoms with Crippen LogP contribution in [0.3, 0.4) is 0 Å². The van der Waals surface area contributed by atoms with Crippen molar-refractivity contribution in [2.24, 2.45) is 0 Å². The molecule has 1 atom stereocenters. The van der Waals surface area contributed by atoms with Crippen molar-refractivity contribution in [2.45, 2.75) is 19.3 Å². The number of alkyl halides is 1. The molecule has 0 bridgehead atoms. The fourth-order valence-corrected chi connectivity index (χ4v) is 1.81. The van der Waals surface area contributed by atoms with Crippen molar-refractivity contribution in [3.8, 4) is 0 Å². The predicted octanol–water partition coefficient (Wildman–Crippen LogP) is 3.71. The molecule has 0 unspecified atom stereocenters. The van der Waals surface area contributed by atoms with Crippen LogP contribution < -0.4 is 0 Å². The Bertz CT molecular complexity index is 230. The molecular formula is C10H12BrF. The summed E-state index contributed by atoms with van der Waals surface area (Å²) < 4.78 is 12.5. The molecule has 2 heteroatoms. The molecule has 0 aliphatic heterocycles. The van der Waals surface area contributed by atoms with E-state index in [1.165, 1.54) is 17.7 Å². The highest BCUT2D eigenvalue weighted by atomic mass is 79.9. The minimum atomic E-state index is -0.162. The second-order valence-corrected chi connectivity index (χ2v) is 3.72. The molecule has 0 N–H and O–H groups in total. The standard InChI is InChI=1S/C10H12BrF/c1-8(6-7-11)9-2-4-10(12)5-3-9/h2-5,8H,6-7H2,1H3/t8-/m0/s1. The van der Waals surface area contributed by atoms with Gasteiger partial charge in [0.25, 0.3) is 0 Å². The van der Waals surface area contributed by atoms with Gasteiger partial charge < -0.3 is 0 Å². The van der Waals surface area contributed by atoms with Gasteiger partial charge in [0.15, 0.2) is 0 Å². The summed E-state index contributed by atoms with van der Waals surface area (Å²) in [7, 11) is 0. The quantitative estimate of drug-likeness (QED) is 0.695. The monoisotopic (exact) mass is 230 g/mol. The zero-order chi connectivity index (χ0) is 8.97.